The van der Waals surface area contributed by atoms with Crippen LogP contribution in [0.1, 0.15) is 48.7 Å². The Morgan fingerprint density at radius 3 is 2.52 bits per heavy atom. The minimum atomic E-state index is -0.290. The van der Waals surface area contributed by atoms with E-state index in [4.69, 9.17) is 0 Å². The molecular weight excluding hydrogens is 364 g/mol. The normalized spacial score (nSPS) is 22.1. The highest BCUT2D eigenvalue weighted by molar-refractivity contribution is 6.22. The molecule has 0 saturated carbocycles. The number of fused-ring (bicyclic) bond motifs is 1. The molecule has 1 fully saturated rings. The number of allylic oxidation sites excluding steroid dienone is 2. The van der Waals surface area contributed by atoms with E-state index in [0.29, 0.717) is 24.1 Å². The summed E-state index contributed by atoms with van der Waals surface area (Å²) in [6, 6.07) is 16.3. The van der Waals surface area contributed by atoms with Crippen LogP contribution in [0.2, 0.25) is 0 Å². The number of nitrogens with zero attached hydrogens (tertiary/aromatic N) is 1. The summed E-state index contributed by atoms with van der Waals surface area (Å²) in [6.07, 6.45) is 3.28. The molecule has 3 amide bonds. The van der Waals surface area contributed by atoms with Gasteiger partial charge in [-0.05, 0) is 50.5 Å². The topological polar surface area (TPSA) is 66.5 Å². The molecule has 0 spiro atoms. The summed E-state index contributed by atoms with van der Waals surface area (Å²) in [5.41, 5.74) is 3.05. The van der Waals surface area contributed by atoms with E-state index in [9.17, 15) is 14.4 Å². The van der Waals surface area contributed by atoms with Gasteiger partial charge in [-0.3, -0.25) is 19.3 Å². The van der Waals surface area contributed by atoms with Crippen molar-refractivity contribution in [3.8, 4) is 0 Å². The van der Waals surface area contributed by atoms with Crippen molar-refractivity contribution in [2.75, 3.05) is 4.90 Å². The molecule has 5 nitrogen and oxygen atoms in total. The maximum atomic E-state index is 12.9. The van der Waals surface area contributed by atoms with Gasteiger partial charge >= 0.3 is 0 Å². The van der Waals surface area contributed by atoms with Crippen LogP contribution in [0, 0.1) is 11.8 Å². The number of benzene rings is 2. The van der Waals surface area contributed by atoms with E-state index in [-0.39, 0.29) is 35.6 Å². The Kier molecular flexibility index (Phi) is 5.05. The van der Waals surface area contributed by atoms with Gasteiger partial charge in [0.05, 0.1) is 23.6 Å². The molecule has 1 saturated heterocycles. The van der Waals surface area contributed by atoms with Gasteiger partial charge in [-0.15, -0.1) is 0 Å². The molecule has 0 unspecified atom stereocenters. The highest BCUT2D eigenvalue weighted by atomic mass is 16.2. The molecule has 3 atom stereocenters. The molecule has 148 valence electrons. The third-order valence-electron chi connectivity index (χ3n) is 5.84. The minimum Gasteiger partial charge on any atom is -0.346 e. The van der Waals surface area contributed by atoms with E-state index in [0.717, 1.165) is 11.1 Å². The maximum Gasteiger partial charge on any atom is 0.251 e. The zero-order valence-electron chi connectivity index (χ0n) is 16.6. The molecule has 1 aliphatic heterocycles. The van der Waals surface area contributed by atoms with Gasteiger partial charge in [0.25, 0.3) is 5.91 Å². The predicted octanol–water partition coefficient (Wildman–Crippen LogP) is 4.02. The van der Waals surface area contributed by atoms with Crippen molar-refractivity contribution >= 4 is 23.4 Å². The fourth-order valence-electron chi connectivity index (χ4n) is 4.18. The van der Waals surface area contributed by atoms with Crippen LogP contribution in [-0.4, -0.2) is 17.7 Å². The molecule has 1 heterocycles. The summed E-state index contributed by atoms with van der Waals surface area (Å²) in [7, 11) is 0. The Hall–Kier alpha value is -3.21. The van der Waals surface area contributed by atoms with Crippen LogP contribution >= 0.6 is 0 Å². The van der Waals surface area contributed by atoms with Crippen LogP contribution in [0.5, 0.6) is 0 Å². The van der Waals surface area contributed by atoms with Crippen LogP contribution in [-0.2, 0) is 9.59 Å². The average Bonchev–Trinajstić information content (AvgIpc) is 2.98. The first-order valence-electron chi connectivity index (χ1n) is 9.95. The van der Waals surface area contributed by atoms with Gasteiger partial charge in [-0.2, -0.15) is 0 Å². The summed E-state index contributed by atoms with van der Waals surface area (Å²) in [5.74, 6) is -1.15. The number of nitrogens with one attached hydrogen (secondary N) is 1. The fourth-order valence-corrected chi connectivity index (χ4v) is 4.18. The Balaban J connectivity index is 1.54. The summed E-state index contributed by atoms with van der Waals surface area (Å²) >= 11 is 0. The van der Waals surface area contributed by atoms with Gasteiger partial charge in [-0.25, -0.2) is 0 Å². The van der Waals surface area contributed by atoms with Gasteiger partial charge in [0.2, 0.25) is 11.8 Å². The lowest BCUT2D eigenvalue weighted by molar-refractivity contribution is -0.122. The first-order chi connectivity index (χ1) is 14.0. The SMILES string of the molecule is CC1=CC[C@@H]2C(=O)N(c3cccc(C(=O)N[C@@H](C)c4ccccc4)c3)C(=O)[C@H]2C1. The van der Waals surface area contributed by atoms with Gasteiger partial charge < -0.3 is 5.32 Å². The Bertz CT molecular complexity index is 996. The highest BCUT2D eigenvalue weighted by Gasteiger charge is 2.48. The fraction of sp³-hybridized carbons (Fsp3) is 0.292. The lowest BCUT2D eigenvalue weighted by atomic mass is 9.82. The van der Waals surface area contributed by atoms with Gasteiger partial charge in [-0.1, -0.05) is 48.0 Å². The Morgan fingerprint density at radius 1 is 1.03 bits per heavy atom. The molecule has 2 aromatic carbocycles. The van der Waals surface area contributed by atoms with E-state index in [1.807, 2.05) is 50.3 Å². The second kappa shape index (κ2) is 7.66. The molecule has 29 heavy (non-hydrogen) atoms. The monoisotopic (exact) mass is 388 g/mol. The van der Waals surface area contributed by atoms with Crippen LogP contribution in [0.3, 0.4) is 0 Å². The van der Waals surface area contributed by atoms with Gasteiger partial charge in [0, 0.05) is 5.56 Å². The summed E-state index contributed by atoms with van der Waals surface area (Å²) < 4.78 is 0. The third kappa shape index (κ3) is 3.60. The Labute approximate surface area is 170 Å². The summed E-state index contributed by atoms with van der Waals surface area (Å²) in [5, 5.41) is 2.97. The highest BCUT2D eigenvalue weighted by Crippen LogP contribution is 2.39. The van der Waals surface area contributed by atoms with Crippen LogP contribution in [0.4, 0.5) is 5.69 Å². The second-order valence-corrected chi connectivity index (χ2v) is 7.87. The van der Waals surface area contributed by atoms with Crippen molar-refractivity contribution in [2.45, 2.75) is 32.7 Å². The first kappa shape index (κ1) is 19.1. The van der Waals surface area contributed by atoms with E-state index in [1.165, 1.54) is 4.90 Å². The molecule has 5 heteroatoms. The number of carbonyl (C=O) groups excluding carboxylic acids is 3. The number of imide groups is 1. The zero-order chi connectivity index (χ0) is 20.5. The van der Waals surface area contributed by atoms with Crippen molar-refractivity contribution in [3.05, 3.63) is 77.4 Å². The van der Waals surface area contributed by atoms with E-state index < -0.39 is 0 Å². The molecular formula is C24H24N2O3. The van der Waals surface area contributed by atoms with Crippen molar-refractivity contribution in [3.63, 3.8) is 0 Å². The van der Waals surface area contributed by atoms with E-state index in [1.54, 1.807) is 24.3 Å². The van der Waals surface area contributed by atoms with Crippen molar-refractivity contribution in [1.82, 2.24) is 5.32 Å². The third-order valence-corrected chi connectivity index (χ3v) is 5.84. The molecule has 1 aliphatic carbocycles. The molecule has 2 aliphatic rings. The van der Waals surface area contributed by atoms with Crippen LogP contribution < -0.4 is 10.2 Å². The number of carbonyl (C=O) groups is 3. The summed E-state index contributed by atoms with van der Waals surface area (Å²) in [4.78, 5) is 39.8. The summed E-state index contributed by atoms with van der Waals surface area (Å²) in [6.45, 7) is 3.92. The maximum absolute atomic E-state index is 12.9. The average molecular weight is 388 g/mol. The molecule has 4 rings (SSSR count). The first-order valence-corrected chi connectivity index (χ1v) is 9.95. The minimum absolute atomic E-state index is 0.153. The van der Waals surface area contributed by atoms with Gasteiger partial charge in [0.15, 0.2) is 0 Å². The molecule has 0 bridgehead atoms. The predicted molar refractivity (Wildman–Crippen MR) is 111 cm³/mol. The molecule has 1 N–H and O–H groups in total. The molecule has 0 aromatic heterocycles. The van der Waals surface area contributed by atoms with Crippen molar-refractivity contribution in [1.29, 1.82) is 0 Å². The smallest absolute Gasteiger partial charge is 0.251 e. The number of anilines is 1. The van der Waals surface area contributed by atoms with Crippen molar-refractivity contribution in [2.24, 2.45) is 11.8 Å². The standard InChI is InChI=1S/C24H24N2O3/c1-15-11-12-20-21(13-15)24(29)26(23(20)28)19-10-6-9-18(14-19)22(27)25-16(2)17-7-4-3-5-8-17/h3-11,14,16,20-21H,12-13H2,1-2H3,(H,25,27)/t16-,20-,21-/m0/s1. The van der Waals surface area contributed by atoms with Crippen LogP contribution in [0.25, 0.3) is 0 Å². The van der Waals surface area contributed by atoms with E-state index >= 15 is 0 Å². The van der Waals surface area contributed by atoms with Crippen LogP contribution in [0.15, 0.2) is 66.2 Å². The largest absolute Gasteiger partial charge is 0.346 e. The quantitative estimate of drug-likeness (QED) is 0.635. The Morgan fingerprint density at radius 2 is 1.76 bits per heavy atom. The number of amides is 3. The van der Waals surface area contributed by atoms with Crippen molar-refractivity contribution < 1.29 is 14.4 Å². The zero-order valence-corrected chi connectivity index (χ0v) is 16.6. The lowest BCUT2D eigenvalue weighted by Gasteiger charge is -2.19. The van der Waals surface area contributed by atoms with E-state index in [2.05, 4.69) is 5.32 Å². The second-order valence-electron chi connectivity index (χ2n) is 7.87. The lowest BCUT2D eigenvalue weighted by Crippen LogP contribution is -2.31. The number of hydrogen-bond donors (Lipinski definition) is 1. The molecule has 2 aromatic rings. The number of hydrogen-bond acceptors (Lipinski definition) is 3. The molecule has 0 radical (unpaired) electrons. The number of rotatable bonds is 4. The van der Waals surface area contributed by atoms with Gasteiger partial charge in [0.1, 0.15) is 0 Å².